The van der Waals surface area contributed by atoms with E-state index in [0.29, 0.717) is 0 Å². The standard InChI is InChI=1S/C13H23NO5/c1-12(9-18-2,8-11(16)17)14-10(15)7-13(19-3)5-4-6-13/h4-9H2,1-3H3,(H,14,15)(H,16,17). The summed E-state index contributed by atoms with van der Waals surface area (Å²) in [4.78, 5) is 22.9. The summed E-state index contributed by atoms with van der Waals surface area (Å²) in [5.74, 6) is -1.16. The second-order valence-electron chi connectivity index (χ2n) is 5.53. The molecule has 6 heteroatoms. The van der Waals surface area contributed by atoms with Crippen molar-refractivity contribution in [3.05, 3.63) is 0 Å². The first kappa shape index (κ1) is 15.9. The third-order valence-corrected chi connectivity index (χ3v) is 3.63. The van der Waals surface area contributed by atoms with Gasteiger partial charge in [-0.25, -0.2) is 0 Å². The molecule has 0 aliphatic heterocycles. The Morgan fingerprint density at radius 1 is 1.37 bits per heavy atom. The SMILES string of the molecule is COCC(C)(CC(=O)O)NC(=O)CC1(OC)CCC1. The van der Waals surface area contributed by atoms with Crippen LogP contribution in [-0.4, -0.2) is 48.9 Å². The first-order chi connectivity index (χ1) is 8.85. The Kier molecular flexibility index (Phi) is 5.31. The molecule has 0 bridgehead atoms. The van der Waals surface area contributed by atoms with Crippen molar-refractivity contribution in [1.29, 1.82) is 0 Å². The van der Waals surface area contributed by atoms with Gasteiger partial charge in [-0.15, -0.1) is 0 Å². The van der Waals surface area contributed by atoms with Crippen molar-refractivity contribution in [3.8, 4) is 0 Å². The van der Waals surface area contributed by atoms with Crippen LogP contribution in [0.4, 0.5) is 0 Å². The minimum atomic E-state index is -0.968. The van der Waals surface area contributed by atoms with Gasteiger partial charge < -0.3 is 19.9 Å². The van der Waals surface area contributed by atoms with Crippen LogP contribution in [0, 0.1) is 0 Å². The molecular weight excluding hydrogens is 250 g/mol. The Bertz CT molecular complexity index is 334. The molecule has 1 fully saturated rings. The molecule has 0 spiro atoms. The fraction of sp³-hybridized carbons (Fsp3) is 0.846. The first-order valence-corrected chi connectivity index (χ1v) is 6.42. The van der Waals surface area contributed by atoms with E-state index in [1.807, 2.05) is 0 Å². The maximum Gasteiger partial charge on any atom is 0.305 e. The summed E-state index contributed by atoms with van der Waals surface area (Å²) in [5.41, 5.74) is -1.25. The average molecular weight is 273 g/mol. The number of amides is 1. The van der Waals surface area contributed by atoms with E-state index in [1.165, 1.54) is 7.11 Å². The predicted molar refractivity (Wildman–Crippen MR) is 68.9 cm³/mol. The van der Waals surface area contributed by atoms with Gasteiger partial charge in [0.15, 0.2) is 0 Å². The second-order valence-corrected chi connectivity index (χ2v) is 5.53. The Hall–Kier alpha value is -1.14. The van der Waals surface area contributed by atoms with E-state index in [9.17, 15) is 9.59 Å². The van der Waals surface area contributed by atoms with Crippen molar-refractivity contribution in [2.75, 3.05) is 20.8 Å². The van der Waals surface area contributed by atoms with Gasteiger partial charge in [-0.05, 0) is 26.2 Å². The van der Waals surface area contributed by atoms with Crippen LogP contribution < -0.4 is 5.32 Å². The molecule has 0 aromatic carbocycles. The van der Waals surface area contributed by atoms with Gasteiger partial charge in [0.1, 0.15) is 0 Å². The lowest BCUT2D eigenvalue weighted by atomic mass is 9.77. The van der Waals surface area contributed by atoms with E-state index >= 15 is 0 Å². The van der Waals surface area contributed by atoms with Crippen molar-refractivity contribution in [2.45, 2.75) is 50.2 Å². The van der Waals surface area contributed by atoms with Crippen LogP contribution in [0.2, 0.25) is 0 Å². The molecule has 1 atom stereocenters. The highest BCUT2D eigenvalue weighted by Crippen LogP contribution is 2.38. The summed E-state index contributed by atoms with van der Waals surface area (Å²) in [5, 5.41) is 11.7. The van der Waals surface area contributed by atoms with E-state index < -0.39 is 11.5 Å². The minimum absolute atomic E-state index is 0.158. The molecule has 0 heterocycles. The lowest BCUT2D eigenvalue weighted by Gasteiger charge is -2.40. The largest absolute Gasteiger partial charge is 0.481 e. The van der Waals surface area contributed by atoms with E-state index in [4.69, 9.17) is 14.6 Å². The van der Waals surface area contributed by atoms with Crippen molar-refractivity contribution in [2.24, 2.45) is 0 Å². The average Bonchev–Trinajstić information content (AvgIpc) is 2.22. The van der Waals surface area contributed by atoms with Gasteiger partial charge in [-0.2, -0.15) is 0 Å². The minimum Gasteiger partial charge on any atom is -0.481 e. The monoisotopic (exact) mass is 273 g/mol. The number of carboxylic acid groups (broad SMARTS) is 1. The van der Waals surface area contributed by atoms with E-state index in [1.54, 1.807) is 14.0 Å². The molecule has 1 unspecified atom stereocenters. The molecule has 1 saturated carbocycles. The number of ether oxygens (including phenoxy) is 2. The fourth-order valence-corrected chi connectivity index (χ4v) is 2.48. The molecule has 0 radical (unpaired) electrons. The molecule has 0 saturated heterocycles. The van der Waals surface area contributed by atoms with Gasteiger partial charge in [0.25, 0.3) is 0 Å². The summed E-state index contributed by atoms with van der Waals surface area (Å²) in [6, 6.07) is 0. The van der Waals surface area contributed by atoms with Crippen molar-refractivity contribution < 1.29 is 24.2 Å². The van der Waals surface area contributed by atoms with Crippen molar-refractivity contribution in [3.63, 3.8) is 0 Å². The molecule has 6 nitrogen and oxygen atoms in total. The smallest absolute Gasteiger partial charge is 0.305 e. The highest BCUT2D eigenvalue weighted by atomic mass is 16.5. The molecule has 1 rings (SSSR count). The molecular formula is C13H23NO5. The van der Waals surface area contributed by atoms with E-state index in [0.717, 1.165) is 19.3 Å². The van der Waals surface area contributed by atoms with Crippen LogP contribution in [0.1, 0.15) is 39.0 Å². The van der Waals surface area contributed by atoms with Gasteiger partial charge in [0, 0.05) is 14.2 Å². The third kappa shape index (κ3) is 4.47. The van der Waals surface area contributed by atoms with Crippen LogP contribution in [-0.2, 0) is 19.1 Å². The van der Waals surface area contributed by atoms with Gasteiger partial charge in [0.2, 0.25) is 5.91 Å². The number of carbonyl (C=O) groups is 2. The van der Waals surface area contributed by atoms with E-state index in [2.05, 4.69) is 5.32 Å². The van der Waals surface area contributed by atoms with Crippen LogP contribution in [0.5, 0.6) is 0 Å². The number of methoxy groups -OCH3 is 2. The summed E-state index contributed by atoms with van der Waals surface area (Å²) in [7, 11) is 3.09. The maximum absolute atomic E-state index is 12.0. The second kappa shape index (κ2) is 6.34. The zero-order valence-corrected chi connectivity index (χ0v) is 11.8. The van der Waals surface area contributed by atoms with Crippen LogP contribution in [0.15, 0.2) is 0 Å². The molecule has 19 heavy (non-hydrogen) atoms. The highest BCUT2D eigenvalue weighted by Gasteiger charge is 2.40. The van der Waals surface area contributed by atoms with Crippen LogP contribution >= 0.6 is 0 Å². The lowest BCUT2D eigenvalue weighted by Crippen LogP contribution is -2.53. The number of hydrogen-bond donors (Lipinski definition) is 2. The highest BCUT2D eigenvalue weighted by molar-refractivity contribution is 5.79. The Labute approximate surface area is 113 Å². The van der Waals surface area contributed by atoms with Gasteiger partial charge in [-0.1, -0.05) is 0 Å². The van der Waals surface area contributed by atoms with Gasteiger partial charge in [-0.3, -0.25) is 9.59 Å². The molecule has 1 aliphatic rings. The fourth-order valence-electron chi connectivity index (χ4n) is 2.48. The summed E-state index contributed by atoms with van der Waals surface area (Å²) in [6.45, 7) is 1.83. The molecule has 2 N–H and O–H groups in total. The lowest BCUT2D eigenvalue weighted by molar-refractivity contribution is -0.141. The molecule has 110 valence electrons. The number of rotatable bonds is 8. The molecule has 1 amide bonds. The number of carboxylic acids is 1. The van der Waals surface area contributed by atoms with Gasteiger partial charge >= 0.3 is 5.97 Å². The molecule has 0 aromatic heterocycles. The first-order valence-electron chi connectivity index (χ1n) is 6.42. The number of hydrogen-bond acceptors (Lipinski definition) is 4. The van der Waals surface area contributed by atoms with Gasteiger partial charge in [0.05, 0.1) is 30.6 Å². The zero-order chi connectivity index (χ0) is 14.5. The summed E-state index contributed by atoms with van der Waals surface area (Å²) < 4.78 is 10.4. The van der Waals surface area contributed by atoms with Crippen LogP contribution in [0.3, 0.4) is 0 Å². The summed E-state index contributed by atoms with van der Waals surface area (Å²) >= 11 is 0. The number of carbonyl (C=O) groups excluding carboxylic acids is 1. The number of aliphatic carboxylic acids is 1. The Balaban J connectivity index is 2.58. The summed E-state index contributed by atoms with van der Waals surface area (Å²) in [6.07, 6.45) is 2.90. The number of nitrogens with one attached hydrogen (secondary N) is 1. The van der Waals surface area contributed by atoms with Crippen molar-refractivity contribution >= 4 is 11.9 Å². The Morgan fingerprint density at radius 2 is 2.00 bits per heavy atom. The molecule has 1 aliphatic carbocycles. The van der Waals surface area contributed by atoms with Crippen LogP contribution in [0.25, 0.3) is 0 Å². The molecule has 0 aromatic rings. The Morgan fingerprint density at radius 3 is 2.37 bits per heavy atom. The van der Waals surface area contributed by atoms with Crippen molar-refractivity contribution in [1.82, 2.24) is 5.32 Å². The maximum atomic E-state index is 12.0. The van der Waals surface area contributed by atoms with E-state index in [-0.39, 0.29) is 31.0 Å². The topological polar surface area (TPSA) is 84.9 Å². The zero-order valence-electron chi connectivity index (χ0n) is 11.8. The quantitative estimate of drug-likeness (QED) is 0.687. The third-order valence-electron chi connectivity index (χ3n) is 3.63. The predicted octanol–water partition coefficient (Wildman–Crippen LogP) is 0.942. The normalized spacial score (nSPS) is 20.2.